The van der Waals surface area contributed by atoms with Crippen molar-refractivity contribution < 1.29 is 14.6 Å². The third-order valence-electron chi connectivity index (χ3n) is 2.74. The number of nitrogens with one attached hydrogen (secondary N) is 1. The van der Waals surface area contributed by atoms with E-state index in [-0.39, 0.29) is 24.6 Å². The summed E-state index contributed by atoms with van der Waals surface area (Å²) in [6, 6.07) is 6.18. The van der Waals surface area contributed by atoms with Crippen LogP contribution in [0.15, 0.2) is 29.4 Å². The van der Waals surface area contributed by atoms with Gasteiger partial charge in [0.15, 0.2) is 0 Å². The Kier molecular flexibility index (Phi) is 3.96. The van der Waals surface area contributed by atoms with Crippen LogP contribution in [0.2, 0.25) is 0 Å². The number of terminal acetylenes is 1. The van der Waals surface area contributed by atoms with E-state index in [1.165, 1.54) is 6.07 Å². The van der Waals surface area contributed by atoms with Crippen molar-refractivity contribution in [2.45, 2.75) is 12.5 Å². The Labute approximate surface area is 114 Å². The van der Waals surface area contributed by atoms with E-state index in [0.717, 1.165) is 0 Å². The molecule has 0 saturated carbocycles. The van der Waals surface area contributed by atoms with Gasteiger partial charge in [-0.15, -0.1) is 6.42 Å². The third kappa shape index (κ3) is 2.75. The molecule has 0 unspecified atom stereocenters. The lowest BCUT2D eigenvalue weighted by atomic mass is 10.0. The highest BCUT2D eigenvalue weighted by Crippen LogP contribution is 2.24. The molecule has 1 N–H and O–H groups in total. The highest BCUT2D eigenvalue weighted by molar-refractivity contribution is 6.06. The molecule has 1 aliphatic heterocycles. The smallest absolute Gasteiger partial charge is 0.278 e. The molecule has 1 atom stereocenters. The second-order valence-corrected chi connectivity index (χ2v) is 4.03. The molecule has 0 bridgehead atoms. The van der Waals surface area contributed by atoms with Gasteiger partial charge >= 0.3 is 0 Å². The molecular formula is C13H11N3O4. The van der Waals surface area contributed by atoms with Crippen molar-refractivity contribution >= 4 is 17.3 Å². The van der Waals surface area contributed by atoms with E-state index in [4.69, 9.17) is 11.3 Å². The molecule has 1 amide bonds. The Hall–Kier alpha value is -2.88. The van der Waals surface area contributed by atoms with Crippen LogP contribution in [-0.2, 0) is 9.63 Å². The molecule has 1 heterocycles. The molecule has 0 aromatic heterocycles. The Morgan fingerprint density at radius 3 is 3.05 bits per heavy atom. The summed E-state index contributed by atoms with van der Waals surface area (Å²) in [5, 5.41) is 17.2. The molecule has 102 valence electrons. The first kappa shape index (κ1) is 13.5. The minimum absolute atomic E-state index is 0.0699. The zero-order valence-corrected chi connectivity index (χ0v) is 10.4. The predicted octanol–water partition coefficient (Wildman–Crippen LogP) is 0.837. The SMILES string of the molecule is C#CCNC(=O)[C@@H]1CC(c2ccccc2[N+](=O)[O-])=NO1. The summed E-state index contributed by atoms with van der Waals surface area (Å²) in [6.45, 7) is 0.0967. The molecule has 0 radical (unpaired) electrons. The van der Waals surface area contributed by atoms with Gasteiger partial charge < -0.3 is 10.2 Å². The second-order valence-electron chi connectivity index (χ2n) is 4.03. The topological polar surface area (TPSA) is 93.8 Å². The lowest BCUT2D eigenvalue weighted by Gasteiger charge is -2.06. The van der Waals surface area contributed by atoms with Crippen LogP contribution >= 0.6 is 0 Å². The molecule has 1 aromatic carbocycles. The zero-order valence-electron chi connectivity index (χ0n) is 10.4. The summed E-state index contributed by atoms with van der Waals surface area (Å²) in [5.74, 6) is 1.89. The number of nitro groups is 1. The van der Waals surface area contributed by atoms with Gasteiger partial charge in [0.05, 0.1) is 22.7 Å². The summed E-state index contributed by atoms with van der Waals surface area (Å²) in [4.78, 5) is 27.1. The van der Waals surface area contributed by atoms with Crippen LogP contribution in [-0.4, -0.2) is 29.2 Å². The lowest BCUT2D eigenvalue weighted by molar-refractivity contribution is -0.385. The molecule has 20 heavy (non-hydrogen) atoms. The molecule has 1 aliphatic rings. The van der Waals surface area contributed by atoms with Crippen LogP contribution in [0.4, 0.5) is 5.69 Å². The summed E-state index contributed by atoms with van der Waals surface area (Å²) in [5.41, 5.74) is 0.655. The largest absolute Gasteiger partial charge is 0.382 e. The van der Waals surface area contributed by atoms with Gasteiger partial charge in [0.2, 0.25) is 6.10 Å². The van der Waals surface area contributed by atoms with Gasteiger partial charge in [0.25, 0.3) is 11.6 Å². The monoisotopic (exact) mass is 273 g/mol. The number of para-hydroxylation sites is 1. The van der Waals surface area contributed by atoms with Gasteiger partial charge in [-0.05, 0) is 6.07 Å². The average molecular weight is 273 g/mol. The maximum atomic E-state index is 11.7. The van der Waals surface area contributed by atoms with E-state index in [0.29, 0.717) is 11.3 Å². The van der Waals surface area contributed by atoms with E-state index in [1.54, 1.807) is 18.2 Å². The van der Waals surface area contributed by atoms with Crippen molar-refractivity contribution in [3.63, 3.8) is 0 Å². The number of benzene rings is 1. The van der Waals surface area contributed by atoms with E-state index in [2.05, 4.69) is 16.4 Å². The summed E-state index contributed by atoms with van der Waals surface area (Å²) in [7, 11) is 0. The highest BCUT2D eigenvalue weighted by atomic mass is 16.6. The fourth-order valence-corrected chi connectivity index (χ4v) is 1.81. The number of carbonyl (C=O) groups excluding carboxylic acids is 1. The van der Waals surface area contributed by atoms with Gasteiger partial charge in [0.1, 0.15) is 0 Å². The molecule has 1 aromatic rings. The van der Waals surface area contributed by atoms with Crippen molar-refractivity contribution in [1.29, 1.82) is 0 Å². The normalized spacial score (nSPS) is 16.8. The number of hydrogen-bond acceptors (Lipinski definition) is 5. The lowest BCUT2D eigenvalue weighted by Crippen LogP contribution is -2.34. The third-order valence-corrected chi connectivity index (χ3v) is 2.74. The Bertz CT molecular complexity index is 618. The minimum Gasteiger partial charge on any atom is -0.382 e. The quantitative estimate of drug-likeness (QED) is 0.499. The standard InChI is InChI=1S/C13H11N3O4/c1-2-7-14-13(17)12-8-10(15-20-12)9-5-3-4-6-11(9)16(18)19/h1,3-6,12H,7-8H2,(H,14,17)/t12-/m0/s1. The molecule has 0 spiro atoms. The number of rotatable bonds is 4. The van der Waals surface area contributed by atoms with E-state index >= 15 is 0 Å². The van der Waals surface area contributed by atoms with Crippen molar-refractivity contribution in [3.8, 4) is 12.3 Å². The molecule has 0 fully saturated rings. The maximum Gasteiger partial charge on any atom is 0.278 e. The number of oxime groups is 1. The first-order valence-electron chi connectivity index (χ1n) is 5.81. The van der Waals surface area contributed by atoms with Gasteiger partial charge in [-0.3, -0.25) is 14.9 Å². The molecule has 2 rings (SSSR count). The fraction of sp³-hybridized carbons (Fsp3) is 0.231. The van der Waals surface area contributed by atoms with Crippen LogP contribution in [0, 0.1) is 22.5 Å². The molecular weight excluding hydrogens is 262 g/mol. The number of carbonyl (C=O) groups is 1. The van der Waals surface area contributed by atoms with Crippen molar-refractivity contribution in [3.05, 3.63) is 39.9 Å². The van der Waals surface area contributed by atoms with E-state index < -0.39 is 11.0 Å². The first-order valence-corrected chi connectivity index (χ1v) is 5.81. The van der Waals surface area contributed by atoms with Crippen molar-refractivity contribution in [2.75, 3.05) is 6.54 Å². The highest BCUT2D eigenvalue weighted by Gasteiger charge is 2.31. The van der Waals surface area contributed by atoms with E-state index in [1.807, 2.05) is 0 Å². The van der Waals surface area contributed by atoms with Crippen LogP contribution in [0.25, 0.3) is 0 Å². The first-order chi connectivity index (χ1) is 9.63. The minimum atomic E-state index is -0.807. The second kappa shape index (κ2) is 5.84. The number of hydrogen-bond donors (Lipinski definition) is 1. The fourth-order valence-electron chi connectivity index (χ4n) is 1.81. The van der Waals surface area contributed by atoms with Gasteiger partial charge in [-0.1, -0.05) is 23.2 Å². The summed E-state index contributed by atoms with van der Waals surface area (Å²) < 4.78 is 0. The van der Waals surface area contributed by atoms with Crippen LogP contribution in [0.3, 0.4) is 0 Å². The zero-order chi connectivity index (χ0) is 14.5. The van der Waals surface area contributed by atoms with Crippen LogP contribution in [0.1, 0.15) is 12.0 Å². The van der Waals surface area contributed by atoms with Gasteiger partial charge in [0, 0.05) is 12.5 Å². The van der Waals surface area contributed by atoms with Gasteiger partial charge in [-0.25, -0.2) is 0 Å². The summed E-state index contributed by atoms with van der Waals surface area (Å²) >= 11 is 0. The van der Waals surface area contributed by atoms with E-state index in [9.17, 15) is 14.9 Å². The average Bonchev–Trinajstić information content (AvgIpc) is 2.94. The Morgan fingerprint density at radius 2 is 2.35 bits per heavy atom. The molecule has 0 saturated heterocycles. The number of nitrogens with zero attached hydrogens (tertiary/aromatic N) is 2. The molecule has 7 heteroatoms. The number of nitro benzene ring substituents is 1. The van der Waals surface area contributed by atoms with Crippen molar-refractivity contribution in [2.24, 2.45) is 5.16 Å². The Morgan fingerprint density at radius 1 is 1.60 bits per heavy atom. The number of amides is 1. The van der Waals surface area contributed by atoms with Crippen molar-refractivity contribution in [1.82, 2.24) is 5.32 Å². The predicted molar refractivity (Wildman–Crippen MR) is 71.0 cm³/mol. The summed E-state index contributed by atoms with van der Waals surface area (Å²) in [6.07, 6.45) is 4.40. The van der Waals surface area contributed by atoms with Gasteiger partial charge in [-0.2, -0.15) is 0 Å². The molecule has 0 aliphatic carbocycles. The van der Waals surface area contributed by atoms with Crippen LogP contribution in [0.5, 0.6) is 0 Å². The Balaban J connectivity index is 2.12. The van der Waals surface area contributed by atoms with Crippen LogP contribution < -0.4 is 5.32 Å². The maximum absolute atomic E-state index is 11.7. The molecule has 7 nitrogen and oxygen atoms in total.